The highest BCUT2D eigenvalue weighted by molar-refractivity contribution is 5.66. The summed E-state index contributed by atoms with van der Waals surface area (Å²) in [5, 5.41) is 28.8. The lowest BCUT2D eigenvalue weighted by atomic mass is 10.2. The number of allylic oxidation sites excluding steroid dienone is 1. The Morgan fingerprint density at radius 2 is 1.77 bits per heavy atom. The fourth-order valence-corrected chi connectivity index (χ4v) is 2.41. The van der Waals surface area contributed by atoms with E-state index in [0.717, 1.165) is 19.3 Å². The van der Waals surface area contributed by atoms with Crippen LogP contribution in [0, 0.1) is 0 Å². The summed E-state index contributed by atoms with van der Waals surface area (Å²) in [6.07, 6.45) is 8.25. The number of rotatable bonds is 14. The molecular weight excluding hydrogens is 286 g/mol. The van der Waals surface area contributed by atoms with Gasteiger partial charge in [0.2, 0.25) is 0 Å². The number of aliphatic hydroxyl groups is 1. The topological polar surface area (TPSA) is 97.7 Å². The molecule has 0 aromatic heterocycles. The van der Waals surface area contributed by atoms with Crippen molar-refractivity contribution >= 4 is 11.9 Å². The first-order valence-corrected chi connectivity index (χ1v) is 7.98. The molecule has 6 heteroatoms. The highest BCUT2D eigenvalue weighted by Crippen LogP contribution is 2.11. The molecule has 0 amide bonds. The zero-order valence-corrected chi connectivity index (χ0v) is 13.5. The molecule has 0 aliphatic carbocycles. The number of carbonyl (C=O) groups is 2. The normalized spacial score (nSPS) is 14.1. The number of aliphatic carboxylic acids is 2. The number of quaternary nitrogens is 1. The molecule has 0 fully saturated rings. The summed E-state index contributed by atoms with van der Waals surface area (Å²) in [6, 6.07) is 0. The predicted molar refractivity (Wildman–Crippen MR) is 82.0 cm³/mol. The third-order valence-electron chi connectivity index (χ3n) is 3.80. The van der Waals surface area contributed by atoms with E-state index >= 15 is 0 Å². The standard InChI is InChI=1S/C16H29NO5/c1-2-3-4-5-6-7-10-17(13-14-18,11-8-15(19)20)12-9-16(21)22/h6-7,18H,2-5,8-14H2,1H3,(H-,19,20,21,22)/b7-6+. The highest BCUT2D eigenvalue weighted by Gasteiger charge is 2.26. The summed E-state index contributed by atoms with van der Waals surface area (Å²) >= 11 is 0. The van der Waals surface area contributed by atoms with E-state index in [4.69, 9.17) is 5.11 Å². The zero-order chi connectivity index (χ0) is 16.8. The van der Waals surface area contributed by atoms with Crippen LogP contribution in [-0.4, -0.2) is 59.4 Å². The Labute approximate surface area is 132 Å². The number of aliphatic hydroxyl groups excluding tert-OH is 1. The Hall–Kier alpha value is -1.40. The van der Waals surface area contributed by atoms with Crippen molar-refractivity contribution in [2.24, 2.45) is 0 Å². The molecule has 0 heterocycles. The Bertz CT molecular complexity index is 336. The van der Waals surface area contributed by atoms with E-state index in [9.17, 15) is 19.8 Å². The van der Waals surface area contributed by atoms with Crippen molar-refractivity contribution < 1.29 is 29.4 Å². The van der Waals surface area contributed by atoms with Crippen LogP contribution in [-0.2, 0) is 9.59 Å². The Morgan fingerprint density at radius 1 is 1.09 bits per heavy atom. The SMILES string of the molecule is CCCCC/C=C/C[N+](CCO)(CCC(=O)[O-])CCC(=O)O. The Kier molecular flexibility index (Phi) is 11.4. The number of carboxylic acid groups (broad SMARTS) is 2. The van der Waals surface area contributed by atoms with Crippen molar-refractivity contribution in [1.29, 1.82) is 0 Å². The number of unbranched alkanes of at least 4 members (excludes halogenated alkanes) is 3. The van der Waals surface area contributed by atoms with Crippen LogP contribution in [0.25, 0.3) is 0 Å². The summed E-state index contributed by atoms with van der Waals surface area (Å²) in [7, 11) is 0. The first-order valence-electron chi connectivity index (χ1n) is 7.98. The molecule has 1 unspecified atom stereocenters. The maximum absolute atomic E-state index is 10.8. The third kappa shape index (κ3) is 10.3. The number of nitrogens with zero attached hydrogens (tertiary/aromatic N) is 1. The van der Waals surface area contributed by atoms with Crippen LogP contribution in [0.5, 0.6) is 0 Å². The van der Waals surface area contributed by atoms with Crippen molar-refractivity contribution in [3.05, 3.63) is 12.2 Å². The second kappa shape index (κ2) is 12.2. The van der Waals surface area contributed by atoms with Gasteiger partial charge >= 0.3 is 5.97 Å². The van der Waals surface area contributed by atoms with E-state index in [0.29, 0.717) is 19.6 Å². The minimum atomic E-state index is -1.15. The molecule has 0 radical (unpaired) electrons. The van der Waals surface area contributed by atoms with Gasteiger partial charge in [-0.2, -0.15) is 0 Å². The quantitative estimate of drug-likeness (QED) is 0.277. The molecule has 0 bridgehead atoms. The summed E-state index contributed by atoms with van der Waals surface area (Å²) < 4.78 is 0.265. The monoisotopic (exact) mass is 315 g/mol. The second-order valence-corrected chi connectivity index (χ2v) is 5.65. The predicted octanol–water partition coefficient (Wildman–Crippen LogP) is 0.547. The molecule has 0 rings (SSSR count). The van der Waals surface area contributed by atoms with E-state index in [2.05, 4.69) is 13.0 Å². The van der Waals surface area contributed by atoms with Crippen molar-refractivity contribution in [3.8, 4) is 0 Å². The van der Waals surface area contributed by atoms with Gasteiger partial charge in [0.05, 0.1) is 32.7 Å². The van der Waals surface area contributed by atoms with Crippen LogP contribution in [0.15, 0.2) is 12.2 Å². The van der Waals surface area contributed by atoms with Gasteiger partial charge in [-0.25, -0.2) is 0 Å². The molecule has 6 nitrogen and oxygen atoms in total. The largest absolute Gasteiger partial charge is 0.550 e. The van der Waals surface area contributed by atoms with E-state index in [1.807, 2.05) is 6.08 Å². The summed E-state index contributed by atoms with van der Waals surface area (Å²) in [6.45, 7) is 3.50. The Balaban J connectivity index is 4.68. The third-order valence-corrected chi connectivity index (χ3v) is 3.80. The van der Waals surface area contributed by atoms with E-state index < -0.39 is 11.9 Å². The summed E-state index contributed by atoms with van der Waals surface area (Å²) in [5.74, 6) is -2.07. The van der Waals surface area contributed by atoms with Crippen LogP contribution in [0.3, 0.4) is 0 Å². The zero-order valence-electron chi connectivity index (χ0n) is 13.5. The first kappa shape index (κ1) is 20.6. The molecule has 0 aromatic carbocycles. The summed E-state index contributed by atoms with van der Waals surface area (Å²) in [5.41, 5.74) is 0. The molecule has 2 N–H and O–H groups in total. The molecule has 22 heavy (non-hydrogen) atoms. The summed E-state index contributed by atoms with van der Waals surface area (Å²) in [4.78, 5) is 21.5. The molecule has 0 spiro atoms. The van der Waals surface area contributed by atoms with Gasteiger partial charge in [-0.15, -0.1) is 0 Å². The molecular formula is C16H29NO5. The molecule has 1 atom stereocenters. The lowest BCUT2D eigenvalue weighted by Crippen LogP contribution is -2.53. The van der Waals surface area contributed by atoms with Gasteiger partial charge in [0.15, 0.2) is 0 Å². The average molecular weight is 315 g/mol. The van der Waals surface area contributed by atoms with Crippen molar-refractivity contribution in [1.82, 2.24) is 0 Å². The fraction of sp³-hybridized carbons (Fsp3) is 0.750. The van der Waals surface area contributed by atoms with Crippen LogP contribution in [0.4, 0.5) is 0 Å². The maximum atomic E-state index is 10.8. The lowest BCUT2D eigenvalue weighted by Gasteiger charge is -2.37. The fourth-order valence-electron chi connectivity index (χ4n) is 2.41. The van der Waals surface area contributed by atoms with Crippen LogP contribution >= 0.6 is 0 Å². The smallest absolute Gasteiger partial charge is 0.309 e. The van der Waals surface area contributed by atoms with E-state index in [-0.39, 0.29) is 30.5 Å². The maximum Gasteiger partial charge on any atom is 0.309 e. The average Bonchev–Trinajstić information content (AvgIpc) is 2.46. The van der Waals surface area contributed by atoms with E-state index in [1.165, 1.54) is 6.42 Å². The van der Waals surface area contributed by atoms with Crippen LogP contribution < -0.4 is 5.11 Å². The molecule has 0 aromatic rings. The van der Waals surface area contributed by atoms with Gasteiger partial charge in [-0.05, 0) is 18.9 Å². The highest BCUT2D eigenvalue weighted by atomic mass is 16.4. The lowest BCUT2D eigenvalue weighted by molar-refractivity contribution is -0.922. The number of hydrogen-bond acceptors (Lipinski definition) is 4. The molecule has 0 saturated heterocycles. The minimum absolute atomic E-state index is 0.0449. The van der Waals surface area contributed by atoms with Crippen LogP contribution in [0.2, 0.25) is 0 Å². The van der Waals surface area contributed by atoms with Gasteiger partial charge in [0, 0.05) is 12.4 Å². The van der Waals surface area contributed by atoms with Gasteiger partial charge in [0.25, 0.3) is 0 Å². The molecule has 128 valence electrons. The van der Waals surface area contributed by atoms with Gasteiger partial charge in [-0.3, -0.25) is 4.79 Å². The van der Waals surface area contributed by atoms with Gasteiger partial charge in [0.1, 0.15) is 6.54 Å². The molecule has 0 aliphatic rings. The van der Waals surface area contributed by atoms with Crippen molar-refractivity contribution in [2.45, 2.75) is 45.4 Å². The second-order valence-electron chi connectivity index (χ2n) is 5.65. The van der Waals surface area contributed by atoms with Crippen molar-refractivity contribution in [2.75, 3.05) is 32.8 Å². The van der Waals surface area contributed by atoms with Crippen molar-refractivity contribution in [3.63, 3.8) is 0 Å². The molecule has 0 aliphatic heterocycles. The van der Waals surface area contributed by atoms with Gasteiger partial charge in [-0.1, -0.05) is 25.8 Å². The number of carbonyl (C=O) groups excluding carboxylic acids is 1. The minimum Gasteiger partial charge on any atom is -0.550 e. The first-order chi connectivity index (χ1) is 10.5. The van der Waals surface area contributed by atoms with E-state index in [1.54, 1.807) is 0 Å². The number of hydrogen-bond donors (Lipinski definition) is 2. The van der Waals surface area contributed by atoms with Crippen LogP contribution in [0.1, 0.15) is 45.4 Å². The number of carboxylic acids is 2. The molecule has 0 saturated carbocycles. The van der Waals surface area contributed by atoms with Gasteiger partial charge < -0.3 is 24.6 Å². The Morgan fingerprint density at radius 3 is 2.32 bits per heavy atom.